The van der Waals surface area contributed by atoms with Crippen LogP contribution in [-0.4, -0.2) is 14.0 Å². The molecule has 0 saturated carbocycles. The highest BCUT2D eigenvalue weighted by Gasteiger charge is 1.96. The van der Waals surface area contributed by atoms with Crippen molar-refractivity contribution in [2.24, 2.45) is 0 Å². The van der Waals surface area contributed by atoms with E-state index in [0.29, 0.717) is 0 Å². The van der Waals surface area contributed by atoms with Gasteiger partial charge >= 0.3 is 0 Å². The molecule has 0 aromatic carbocycles. The molecule has 1 saturated heterocycles. The Morgan fingerprint density at radius 3 is 2.83 bits per heavy atom. The fraction of sp³-hybridized carbons (Fsp3) is 1.00. The van der Waals surface area contributed by atoms with Crippen LogP contribution >= 0.6 is 0 Å². The van der Waals surface area contributed by atoms with Gasteiger partial charge in [0, 0.05) is 0 Å². The van der Waals surface area contributed by atoms with Gasteiger partial charge in [0.1, 0.15) is 0 Å². The summed E-state index contributed by atoms with van der Waals surface area (Å²) in [6.45, 7) is 0.858. The minimum atomic E-state index is 0.858. The smallest absolute Gasteiger partial charge is 0.241 e. The van der Waals surface area contributed by atoms with E-state index in [0.717, 1.165) is 19.3 Å². The lowest BCUT2D eigenvalue weighted by atomic mass is 9.88. The van der Waals surface area contributed by atoms with E-state index in [1.54, 1.807) is 0 Å². The third-order valence-electron chi connectivity index (χ3n) is 0.762. The molecule has 33 valence electrons. The Bertz CT molecular complexity index is 26.3. The lowest BCUT2D eigenvalue weighted by molar-refractivity contribution is 0.0817. The third kappa shape index (κ3) is 0.991. The number of hydrogen-bond donors (Lipinski definition) is 1. The molecule has 3 heteroatoms. The lowest BCUT2D eigenvalue weighted by Gasteiger charge is -2.08. The zero-order chi connectivity index (χ0) is 4.24. The van der Waals surface area contributed by atoms with E-state index in [1.807, 2.05) is 7.41 Å². The number of hydrogen-bond acceptors (Lipinski definition) is 2. The number of nitrogens with one attached hydrogen (secondary N) is 1. The summed E-state index contributed by atoms with van der Waals surface area (Å²) in [6.07, 6.45) is 2.30. The average Bonchev–Trinajstić information content (AvgIpc) is 1.72. The summed E-state index contributed by atoms with van der Waals surface area (Å²) in [6, 6.07) is 0. The molecule has 1 heterocycles. The van der Waals surface area contributed by atoms with Crippen molar-refractivity contribution in [3.05, 3.63) is 0 Å². The minimum Gasteiger partial charge on any atom is -0.314 e. The molecule has 2 nitrogen and oxygen atoms in total. The molecule has 0 spiro atoms. The molecule has 0 bridgehead atoms. The van der Waals surface area contributed by atoms with Crippen LogP contribution in [0.15, 0.2) is 0 Å². The third-order valence-corrected chi connectivity index (χ3v) is 0.762. The first kappa shape index (κ1) is 4.15. The summed E-state index contributed by atoms with van der Waals surface area (Å²) in [5, 5.41) is 2.66. The molecule has 0 aliphatic carbocycles. The van der Waals surface area contributed by atoms with Crippen molar-refractivity contribution in [3.8, 4) is 0 Å². The molecular weight excluding hydrogens is 76.9 g/mol. The van der Waals surface area contributed by atoms with Gasteiger partial charge in [0.2, 0.25) is 7.41 Å². The Balaban J connectivity index is 2.00. The topological polar surface area (TPSA) is 21.3 Å². The summed E-state index contributed by atoms with van der Waals surface area (Å²) >= 11 is 0. The zero-order valence-electron chi connectivity index (χ0n) is 3.61. The first-order valence-corrected chi connectivity index (χ1v) is 2.19. The first-order valence-electron chi connectivity index (χ1n) is 2.19. The van der Waals surface area contributed by atoms with Crippen LogP contribution in [0.2, 0.25) is 6.32 Å². The van der Waals surface area contributed by atoms with Crippen molar-refractivity contribution < 1.29 is 4.84 Å². The zero-order valence-corrected chi connectivity index (χ0v) is 3.61. The first-order chi connectivity index (χ1) is 3.00. The van der Waals surface area contributed by atoms with Crippen LogP contribution in [0.4, 0.5) is 0 Å². The molecule has 0 aromatic heterocycles. The highest BCUT2D eigenvalue weighted by atomic mass is 16.6. The fourth-order valence-corrected chi connectivity index (χ4v) is 0.434. The van der Waals surface area contributed by atoms with Crippen molar-refractivity contribution in [3.63, 3.8) is 0 Å². The Hall–Kier alpha value is -0.0151. The molecule has 1 N–H and O–H groups in total. The van der Waals surface area contributed by atoms with Gasteiger partial charge in [0.15, 0.2) is 0 Å². The summed E-state index contributed by atoms with van der Waals surface area (Å²) < 4.78 is 0. The molecule has 1 aliphatic rings. The van der Waals surface area contributed by atoms with E-state index in [9.17, 15) is 0 Å². The van der Waals surface area contributed by atoms with E-state index < -0.39 is 0 Å². The predicted octanol–water partition coefficient (Wildman–Crippen LogP) is -0.0512. The molecule has 0 atom stereocenters. The second kappa shape index (κ2) is 2.21. The maximum Gasteiger partial charge on any atom is 0.241 e. The quantitative estimate of drug-likeness (QED) is 0.415. The van der Waals surface area contributed by atoms with Gasteiger partial charge < -0.3 is 4.84 Å². The van der Waals surface area contributed by atoms with Gasteiger partial charge in [-0.2, -0.15) is 0 Å². The minimum absolute atomic E-state index is 0.858. The molecule has 1 fully saturated rings. The van der Waals surface area contributed by atoms with E-state index >= 15 is 0 Å². The van der Waals surface area contributed by atoms with Gasteiger partial charge in [0.25, 0.3) is 0 Å². The van der Waals surface area contributed by atoms with Gasteiger partial charge in [-0.05, 0) is 6.42 Å². The van der Waals surface area contributed by atoms with Gasteiger partial charge in [-0.15, -0.1) is 0 Å². The van der Waals surface area contributed by atoms with Gasteiger partial charge in [-0.1, -0.05) is 6.32 Å². The van der Waals surface area contributed by atoms with E-state index in [1.165, 1.54) is 0 Å². The average molecular weight is 83.9 g/mol. The van der Waals surface area contributed by atoms with Crippen molar-refractivity contribution in [2.75, 3.05) is 6.61 Å². The molecule has 0 amide bonds. The second-order valence-corrected chi connectivity index (χ2v) is 1.31. The van der Waals surface area contributed by atoms with E-state index in [2.05, 4.69) is 5.39 Å². The highest BCUT2D eigenvalue weighted by Crippen LogP contribution is 1.90. The Morgan fingerprint density at radius 2 is 2.67 bits per heavy atom. The summed E-state index contributed by atoms with van der Waals surface area (Å²) in [4.78, 5) is 4.76. The molecule has 1 rings (SSSR count). The normalized spacial score (nSPS) is 22.7. The molecular formula is C3H7BNO. The van der Waals surface area contributed by atoms with Gasteiger partial charge in [-0.3, -0.25) is 5.39 Å². The van der Waals surface area contributed by atoms with Gasteiger partial charge in [0.05, 0.1) is 6.61 Å². The standard InChI is InChI=1S/C3H7BNO/c1-2-4-5-6-3-1/h5H,1-3H2. The Morgan fingerprint density at radius 1 is 1.67 bits per heavy atom. The molecule has 6 heavy (non-hydrogen) atoms. The monoisotopic (exact) mass is 84.1 g/mol. The van der Waals surface area contributed by atoms with Crippen LogP contribution in [-0.2, 0) is 4.84 Å². The molecule has 0 unspecified atom stereocenters. The SMILES string of the molecule is [B]1CCCON1. The molecule has 1 radical (unpaired) electrons. The Kier molecular flexibility index (Phi) is 1.53. The maximum atomic E-state index is 4.76. The van der Waals surface area contributed by atoms with Crippen LogP contribution < -0.4 is 5.39 Å². The van der Waals surface area contributed by atoms with Crippen LogP contribution in [0.25, 0.3) is 0 Å². The molecule has 1 aliphatic heterocycles. The Labute approximate surface area is 38.1 Å². The van der Waals surface area contributed by atoms with Crippen molar-refractivity contribution in [1.29, 1.82) is 0 Å². The van der Waals surface area contributed by atoms with Crippen LogP contribution in [0.5, 0.6) is 0 Å². The fourth-order valence-electron chi connectivity index (χ4n) is 0.434. The van der Waals surface area contributed by atoms with Gasteiger partial charge in [-0.25, -0.2) is 0 Å². The highest BCUT2D eigenvalue weighted by molar-refractivity contribution is 6.31. The number of rotatable bonds is 0. The summed E-state index contributed by atoms with van der Waals surface area (Å²) in [7, 11) is 1.92. The van der Waals surface area contributed by atoms with E-state index in [4.69, 9.17) is 4.84 Å². The van der Waals surface area contributed by atoms with Crippen molar-refractivity contribution >= 4 is 7.41 Å². The van der Waals surface area contributed by atoms with Crippen LogP contribution in [0.1, 0.15) is 6.42 Å². The maximum absolute atomic E-state index is 4.76. The second-order valence-electron chi connectivity index (χ2n) is 1.31. The predicted molar refractivity (Wildman–Crippen MR) is 24.3 cm³/mol. The summed E-state index contributed by atoms with van der Waals surface area (Å²) in [5.74, 6) is 0. The summed E-state index contributed by atoms with van der Waals surface area (Å²) in [5.41, 5.74) is 0. The van der Waals surface area contributed by atoms with Crippen molar-refractivity contribution in [2.45, 2.75) is 12.7 Å². The molecule has 0 aromatic rings. The lowest BCUT2D eigenvalue weighted by Crippen LogP contribution is -2.25. The largest absolute Gasteiger partial charge is 0.314 e. The van der Waals surface area contributed by atoms with Crippen LogP contribution in [0.3, 0.4) is 0 Å². The van der Waals surface area contributed by atoms with E-state index in [-0.39, 0.29) is 0 Å². The van der Waals surface area contributed by atoms with Crippen molar-refractivity contribution in [1.82, 2.24) is 5.39 Å². The van der Waals surface area contributed by atoms with Crippen LogP contribution in [0, 0.1) is 0 Å².